The van der Waals surface area contributed by atoms with Crippen LogP contribution in [0.4, 0.5) is 11.4 Å². The lowest BCUT2D eigenvalue weighted by Crippen LogP contribution is -2.37. The van der Waals surface area contributed by atoms with Gasteiger partial charge in [0.05, 0.1) is 30.2 Å². The van der Waals surface area contributed by atoms with Crippen molar-refractivity contribution < 1.29 is 19.4 Å². The molecule has 0 radical (unpaired) electrons. The number of fused-ring (bicyclic) bond motifs is 1. The second-order valence-electron chi connectivity index (χ2n) is 8.89. The Morgan fingerprint density at radius 3 is 2.76 bits per heavy atom. The molecule has 0 atom stereocenters. The van der Waals surface area contributed by atoms with Crippen LogP contribution in [0.5, 0.6) is 0 Å². The van der Waals surface area contributed by atoms with Gasteiger partial charge in [0, 0.05) is 31.7 Å². The van der Waals surface area contributed by atoms with Gasteiger partial charge >= 0.3 is 0 Å². The van der Waals surface area contributed by atoms with E-state index in [-0.39, 0.29) is 17.3 Å². The van der Waals surface area contributed by atoms with Crippen molar-refractivity contribution in [3.05, 3.63) is 52.8 Å². The summed E-state index contributed by atoms with van der Waals surface area (Å²) in [6.07, 6.45) is 0.466. The Labute approximate surface area is 192 Å². The molecule has 0 spiro atoms. The number of hydrogen-bond donors (Lipinski definition) is 2. The van der Waals surface area contributed by atoms with Gasteiger partial charge in [-0.3, -0.25) is 9.59 Å². The molecule has 0 unspecified atom stereocenters. The molecular formula is C24H27N5O4. The maximum absolute atomic E-state index is 13.0. The highest BCUT2D eigenvalue weighted by Crippen LogP contribution is 2.35. The number of morpholine rings is 1. The average molecular weight is 450 g/mol. The van der Waals surface area contributed by atoms with Crippen LogP contribution in [0, 0.1) is 11.3 Å². The van der Waals surface area contributed by atoms with E-state index in [9.17, 15) is 14.7 Å². The normalized spacial score (nSPS) is 15.9. The molecule has 1 aromatic carbocycles. The van der Waals surface area contributed by atoms with E-state index >= 15 is 0 Å². The molecule has 2 aliphatic heterocycles. The van der Waals surface area contributed by atoms with Crippen molar-refractivity contribution in [3.63, 3.8) is 0 Å². The minimum atomic E-state index is -0.863. The molecule has 172 valence electrons. The number of pyridine rings is 1. The zero-order chi connectivity index (χ0) is 23.6. The first-order chi connectivity index (χ1) is 15.7. The number of nitrogens with one attached hydrogen (secondary N) is 1. The first-order valence-electron chi connectivity index (χ1n) is 10.9. The molecule has 4 rings (SSSR count). The van der Waals surface area contributed by atoms with Crippen LogP contribution in [0.15, 0.2) is 30.3 Å². The fourth-order valence-corrected chi connectivity index (χ4v) is 3.98. The summed E-state index contributed by atoms with van der Waals surface area (Å²) in [6.45, 7) is 6.69. The third-order valence-electron chi connectivity index (χ3n) is 5.79. The van der Waals surface area contributed by atoms with Crippen LogP contribution < -0.4 is 10.2 Å². The van der Waals surface area contributed by atoms with E-state index in [0.29, 0.717) is 57.1 Å². The summed E-state index contributed by atoms with van der Waals surface area (Å²) in [5.74, 6) is -0.505. The van der Waals surface area contributed by atoms with Gasteiger partial charge in [-0.15, -0.1) is 0 Å². The Balaban J connectivity index is 1.64. The molecule has 2 aromatic rings. The molecule has 2 amide bonds. The fraction of sp³-hybridized carbons (Fsp3) is 0.417. The monoisotopic (exact) mass is 449 g/mol. The van der Waals surface area contributed by atoms with Gasteiger partial charge in [-0.05, 0) is 50.1 Å². The molecule has 0 saturated carbocycles. The van der Waals surface area contributed by atoms with E-state index in [2.05, 4.69) is 15.2 Å². The zero-order valence-electron chi connectivity index (χ0n) is 18.8. The van der Waals surface area contributed by atoms with Crippen LogP contribution in [0.25, 0.3) is 0 Å². The number of aliphatic hydroxyl groups is 1. The van der Waals surface area contributed by atoms with Crippen molar-refractivity contribution >= 4 is 23.2 Å². The second kappa shape index (κ2) is 9.17. The van der Waals surface area contributed by atoms with Crippen molar-refractivity contribution in [3.8, 4) is 6.07 Å². The molecule has 1 fully saturated rings. The average Bonchev–Trinajstić information content (AvgIpc) is 3.11. The molecule has 1 aromatic heterocycles. The van der Waals surface area contributed by atoms with Gasteiger partial charge in [0.2, 0.25) is 0 Å². The summed E-state index contributed by atoms with van der Waals surface area (Å²) in [6, 6.07) is 10.3. The summed E-state index contributed by atoms with van der Waals surface area (Å²) in [7, 11) is 0. The van der Waals surface area contributed by atoms with Crippen LogP contribution in [0.2, 0.25) is 0 Å². The van der Waals surface area contributed by atoms with Crippen molar-refractivity contribution in [2.75, 3.05) is 43.1 Å². The third kappa shape index (κ3) is 5.13. The predicted molar refractivity (Wildman–Crippen MR) is 122 cm³/mol. The van der Waals surface area contributed by atoms with Gasteiger partial charge in [-0.2, -0.15) is 5.26 Å². The Morgan fingerprint density at radius 1 is 1.30 bits per heavy atom. The summed E-state index contributed by atoms with van der Waals surface area (Å²) in [4.78, 5) is 33.9. The second-order valence-corrected chi connectivity index (χ2v) is 8.89. The van der Waals surface area contributed by atoms with Gasteiger partial charge in [0.15, 0.2) is 0 Å². The maximum atomic E-state index is 13.0. The van der Waals surface area contributed by atoms with Crippen LogP contribution >= 0.6 is 0 Å². The lowest BCUT2D eigenvalue weighted by atomic mass is 10.1. The molecule has 9 heteroatoms. The van der Waals surface area contributed by atoms with Crippen LogP contribution in [-0.2, 0) is 11.3 Å². The van der Waals surface area contributed by atoms with Gasteiger partial charge in [0.25, 0.3) is 11.8 Å². The lowest BCUT2D eigenvalue weighted by molar-refractivity contribution is 0.0517. The number of anilines is 2. The van der Waals surface area contributed by atoms with Crippen LogP contribution in [0.1, 0.15) is 52.4 Å². The third-order valence-corrected chi connectivity index (χ3v) is 5.79. The number of rotatable bonds is 6. The van der Waals surface area contributed by atoms with Crippen molar-refractivity contribution in [1.29, 1.82) is 5.26 Å². The number of amides is 2. The van der Waals surface area contributed by atoms with Crippen molar-refractivity contribution in [1.82, 2.24) is 9.88 Å². The molecule has 3 heterocycles. The number of hydrogen-bond acceptors (Lipinski definition) is 7. The Kier molecular flexibility index (Phi) is 6.31. The molecule has 2 aliphatic rings. The van der Waals surface area contributed by atoms with Crippen molar-refractivity contribution in [2.24, 2.45) is 0 Å². The van der Waals surface area contributed by atoms with Gasteiger partial charge in [-0.1, -0.05) is 6.07 Å². The Morgan fingerprint density at radius 2 is 2.06 bits per heavy atom. The number of nitriles is 1. The zero-order valence-corrected chi connectivity index (χ0v) is 18.8. The van der Waals surface area contributed by atoms with E-state index in [1.54, 1.807) is 36.9 Å². The summed E-state index contributed by atoms with van der Waals surface area (Å²) in [5.41, 5.74) is 2.21. The molecular weight excluding hydrogens is 422 g/mol. The summed E-state index contributed by atoms with van der Waals surface area (Å²) < 4.78 is 5.46. The highest BCUT2D eigenvalue weighted by molar-refractivity contribution is 6.07. The highest BCUT2D eigenvalue weighted by Gasteiger charge is 2.31. The van der Waals surface area contributed by atoms with E-state index in [1.807, 2.05) is 18.2 Å². The molecule has 1 saturated heterocycles. The standard InChI is InChI=1S/C24H27N5O4/c1-24(2,32)6-7-29-15-16-12-20(27-22(30)19-5-3-4-17(14-25)26-19)21(13-18(16)23(29)31)28-8-10-33-11-9-28/h3-5,12-13,32H,6-11,15H2,1-2H3,(H,27,30). The molecule has 0 bridgehead atoms. The lowest BCUT2D eigenvalue weighted by Gasteiger charge is -2.31. The predicted octanol–water partition coefficient (Wildman–Crippen LogP) is 2.16. The number of benzene rings is 1. The SMILES string of the molecule is CC(C)(O)CCN1Cc2cc(NC(=O)c3cccc(C#N)n3)c(N3CCOCC3)cc2C1=O. The number of carbonyl (C=O) groups is 2. The first kappa shape index (κ1) is 22.7. The van der Waals surface area contributed by atoms with Gasteiger partial charge in [0.1, 0.15) is 17.5 Å². The van der Waals surface area contributed by atoms with Gasteiger partial charge < -0.3 is 25.0 Å². The highest BCUT2D eigenvalue weighted by atomic mass is 16.5. The first-order valence-corrected chi connectivity index (χ1v) is 10.9. The van der Waals surface area contributed by atoms with E-state index in [0.717, 1.165) is 11.3 Å². The number of aromatic nitrogens is 1. The Hall–Kier alpha value is -3.48. The molecule has 0 aliphatic carbocycles. The Bertz CT molecular complexity index is 1110. The maximum Gasteiger partial charge on any atom is 0.274 e. The molecule has 2 N–H and O–H groups in total. The summed E-state index contributed by atoms with van der Waals surface area (Å²) >= 11 is 0. The van der Waals surface area contributed by atoms with E-state index in [1.165, 1.54) is 0 Å². The van der Waals surface area contributed by atoms with Crippen LogP contribution in [-0.4, -0.2) is 65.3 Å². The van der Waals surface area contributed by atoms with E-state index in [4.69, 9.17) is 10.00 Å². The number of nitrogens with zero attached hydrogens (tertiary/aromatic N) is 4. The largest absolute Gasteiger partial charge is 0.390 e. The summed E-state index contributed by atoms with van der Waals surface area (Å²) in [5, 5.41) is 22.1. The fourth-order valence-electron chi connectivity index (χ4n) is 3.98. The number of carbonyl (C=O) groups excluding carboxylic acids is 2. The topological polar surface area (TPSA) is 119 Å². The molecule has 9 nitrogen and oxygen atoms in total. The van der Waals surface area contributed by atoms with Crippen molar-refractivity contribution in [2.45, 2.75) is 32.4 Å². The quantitative estimate of drug-likeness (QED) is 0.694. The van der Waals surface area contributed by atoms with Gasteiger partial charge in [-0.25, -0.2) is 4.98 Å². The van der Waals surface area contributed by atoms with Crippen LogP contribution in [0.3, 0.4) is 0 Å². The number of ether oxygens (including phenoxy) is 1. The minimum Gasteiger partial charge on any atom is -0.390 e. The van der Waals surface area contributed by atoms with E-state index < -0.39 is 11.5 Å². The minimum absolute atomic E-state index is 0.0787. The molecule has 33 heavy (non-hydrogen) atoms. The smallest absolute Gasteiger partial charge is 0.274 e.